The normalized spacial score (nSPS) is 18.7. The first-order valence-electron chi connectivity index (χ1n) is 34.5. The van der Waals surface area contributed by atoms with Crippen molar-refractivity contribution in [2.45, 2.75) is 191 Å². The molecule has 2 aliphatic heterocycles. The maximum absolute atomic E-state index is 14.4. The molecule has 2 saturated carbocycles. The SMILES string of the molecule is COc1cc(OC)c(C(=O)CC2CCC(NC(=O)c3cc(C(=O)NC4CCNCC4)c(OCCCCCN)cc3OCCCCCN)CC2)cc1C(=O)CC1CCC(NC(=O)c2cc(C(=O)NC3CCNCC3)c(OCCCCCN)cc2OCCCCCN)CC1. The Bertz CT molecular complexity index is 2630. The number of benzene rings is 3. The number of nitrogens with two attached hydrogens (primary N) is 4. The summed E-state index contributed by atoms with van der Waals surface area (Å²) < 4.78 is 36.6. The Morgan fingerprint density at radius 3 is 0.880 bits per heavy atom. The van der Waals surface area contributed by atoms with Crippen molar-refractivity contribution in [3.63, 3.8) is 0 Å². The average Bonchev–Trinajstić information content (AvgIpc) is 0.851. The third-order valence-corrected chi connectivity index (χ3v) is 18.3. The van der Waals surface area contributed by atoms with E-state index in [9.17, 15) is 28.8 Å². The molecule has 0 spiro atoms. The minimum absolute atomic E-state index is 0.0113. The van der Waals surface area contributed by atoms with Crippen LogP contribution in [0.1, 0.15) is 229 Å². The van der Waals surface area contributed by atoms with Crippen molar-refractivity contribution < 1.29 is 57.2 Å². The number of ether oxygens (including phenoxy) is 6. The van der Waals surface area contributed by atoms with E-state index in [1.165, 1.54) is 14.2 Å². The third kappa shape index (κ3) is 22.9. The minimum atomic E-state index is -0.352. The molecular formula is C70H108N10O12. The molecule has 0 bridgehead atoms. The fraction of sp³-hybridized carbons (Fsp3) is 0.657. The van der Waals surface area contributed by atoms with Gasteiger partial charge < -0.3 is 83.3 Å². The molecule has 0 aromatic heterocycles. The van der Waals surface area contributed by atoms with E-state index in [0.717, 1.165) is 129 Å². The Morgan fingerprint density at radius 1 is 0.348 bits per heavy atom. The van der Waals surface area contributed by atoms with Gasteiger partial charge in [0.15, 0.2) is 11.6 Å². The van der Waals surface area contributed by atoms with Crippen LogP contribution >= 0.6 is 0 Å². The molecule has 0 atom stereocenters. The lowest BCUT2D eigenvalue weighted by molar-refractivity contribution is 0.0889. The molecule has 2 saturated heterocycles. The number of Topliss-reactive ketones (excluding diaryl/α,β-unsaturated/α-hetero) is 2. The van der Waals surface area contributed by atoms with Gasteiger partial charge in [0.05, 0.1) is 74.0 Å². The van der Waals surface area contributed by atoms with Crippen LogP contribution in [0.3, 0.4) is 0 Å². The van der Waals surface area contributed by atoms with E-state index in [-0.39, 0.29) is 106 Å². The molecule has 22 nitrogen and oxygen atoms in total. The van der Waals surface area contributed by atoms with Crippen LogP contribution in [0.5, 0.6) is 34.5 Å². The summed E-state index contributed by atoms with van der Waals surface area (Å²) in [5.74, 6) is 0.478. The van der Waals surface area contributed by atoms with Crippen molar-refractivity contribution in [3.05, 3.63) is 69.8 Å². The van der Waals surface area contributed by atoms with Crippen molar-refractivity contribution in [2.24, 2.45) is 34.8 Å². The molecule has 3 aromatic rings. The highest BCUT2D eigenvalue weighted by atomic mass is 16.5. The van der Waals surface area contributed by atoms with Crippen LogP contribution in [0.4, 0.5) is 0 Å². The Balaban J connectivity index is 0.971. The fourth-order valence-electron chi connectivity index (χ4n) is 12.8. The number of piperidine rings is 2. The number of amides is 4. The van der Waals surface area contributed by atoms with Crippen LogP contribution in [0.15, 0.2) is 36.4 Å². The molecule has 0 unspecified atom stereocenters. The fourth-order valence-corrected chi connectivity index (χ4v) is 12.8. The summed E-state index contributed by atoms with van der Waals surface area (Å²) in [5, 5.41) is 19.5. The van der Waals surface area contributed by atoms with Crippen molar-refractivity contribution in [1.82, 2.24) is 31.9 Å². The molecule has 4 aliphatic rings. The van der Waals surface area contributed by atoms with Gasteiger partial charge in [-0.05, 0) is 236 Å². The van der Waals surface area contributed by atoms with Gasteiger partial charge >= 0.3 is 0 Å². The highest BCUT2D eigenvalue weighted by Gasteiger charge is 2.33. The number of hydrogen-bond donors (Lipinski definition) is 10. The van der Waals surface area contributed by atoms with Gasteiger partial charge in [-0.1, -0.05) is 0 Å². The number of nitrogens with one attached hydrogen (secondary N) is 6. The van der Waals surface area contributed by atoms with Crippen molar-refractivity contribution in [3.8, 4) is 34.5 Å². The smallest absolute Gasteiger partial charge is 0.255 e. The number of hydrogen-bond acceptors (Lipinski definition) is 18. The standard InChI is InChI=1S/C70H108N10O12/c1-87-61-44-62(88-2)54(60(82)40-48-17-21-50(22-18-48)78-68(84)56-43-58(70(86)80-52-25-33-76-34-26-52)66(92-38-14-6-10-30-74)46-64(56)90-36-12-4-8-28-72)41-53(61)59(81)39-47-15-19-49(20-16-47)77-67(83)55-42-57(69(85)79-51-23-31-75-32-24-51)65(91-37-13-5-9-29-73)45-63(55)89-35-11-3-7-27-71/h41-52,75-76H,3-40,71-74H2,1-2H3,(H,77,83)(H,78,84)(H,79,85)(H,80,86). The Labute approximate surface area is 545 Å². The Morgan fingerprint density at radius 2 is 0.609 bits per heavy atom. The largest absolute Gasteiger partial charge is 0.496 e. The number of rotatable bonds is 40. The zero-order valence-electron chi connectivity index (χ0n) is 55.0. The first-order valence-corrected chi connectivity index (χ1v) is 34.5. The molecule has 2 aliphatic carbocycles. The molecule has 22 heteroatoms. The lowest BCUT2D eigenvalue weighted by Crippen LogP contribution is -2.43. The summed E-state index contributed by atoms with van der Waals surface area (Å²) >= 11 is 0. The van der Waals surface area contributed by atoms with Crippen molar-refractivity contribution in [2.75, 3.05) is 93.0 Å². The molecule has 4 amide bonds. The van der Waals surface area contributed by atoms with Gasteiger partial charge in [-0.2, -0.15) is 0 Å². The van der Waals surface area contributed by atoms with Crippen molar-refractivity contribution >= 4 is 35.2 Å². The van der Waals surface area contributed by atoms with Gasteiger partial charge in [0.25, 0.3) is 23.6 Å². The van der Waals surface area contributed by atoms with Crippen LogP contribution in [0, 0.1) is 11.8 Å². The third-order valence-electron chi connectivity index (χ3n) is 18.3. The second kappa shape index (κ2) is 39.9. The van der Waals surface area contributed by atoms with Gasteiger partial charge in [0, 0.05) is 55.2 Å². The summed E-state index contributed by atoms with van der Waals surface area (Å²) in [6, 6.07) is 9.42. The summed E-state index contributed by atoms with van der Waals surface area (Å²) in [6.45, 7) is 7.02. The van der Waals surface area contributed by atoms with Crippen molar-refractivity contribution in [1.29, 1.82) is 0 Å². The molecule has 3 aromatic carbocycles. The Hall–Kier alpha value is -6.56. The maximum Gasteiger partial charge on any atom is 0.255 e. The summed E-state index contributed by atoms with van der Waals surface area (Å²) in [6.07, 6.45) is 18.8. The van der Waals surface area contributed by atoms with Crippen LogP contribution in [-0.4, -0.2) is 152 Å². The van der Waals surface area contributed by atoms with Gasteiger partial charge in [0.1, 0.15) is 34.5 Å². The number of ketones is 2. The molecule has 0 radical (unpaired) electrons. The molecule has 14 N–H and O–H groups in total. The van der Waals surface area contributed by atoms with E-state index in [1.54, 1.807) is 36.4 Å². The second-order valence-electron chi connectivity index (χ2n) is 25.4. The number of unbranched alkanes of at least 4 members (excludes halogenated alkanes) is 8. The highest BCUT2D eigenvalue weighted by Crippen LogP contribution is 2.38. The van der Waals surface area contributed by atoms with Gasteiger partial charge in [0.2, 0.25) is 0 Å². The summed E-state index contributed by atoms with van der Waals surface area (Å²) in [4.78, 5) is 85.5. The van der Waals surface area contributed by atoms with E-state index in [4.69, 9.17) is 51.4 Å². The van der Waals surface area contributed by atoms with E-state index >= 15 is 0 Å². The lowest BCUT2D eigenvalue weighted by Gasteiger charge is -2.29. The van der Waals surface area contributed by atoms with Gasteiger partial charge in [-0.3, -0.25) is 28.8 Å². The Kier molecular flexibility index (Phi) is 31.6. The summed E-state index contributed by atoms with van der Waals surface area (Å²) in [5.41, 5.74) is 24.7. The predicted molar refractivity (Wildman–Crippen MR) is 357 cm³/mol. The number of carbonyl (C=O) groups is 6. The molecule has 7 rings (SSSR count). The molecule has 2 heterocycles. The number of methoxy groups -OCH3 is 2. The molecular weight excluding hydrogens is 1170 g/mol. The van der Waals surface area contributed by atoms with Crippen LogP contribution in [0.25, 0.3) is 0 Å². The topological polar surface area (TPSA) is 334 Å². The minimum Gasteiger partial charge on any atom is -0.496 e. The molecule has 4 fully saturated rings. The first-order chi connectivity index (χ1) is 44.9. The maximum atomic E-state index is 14.4. The van der Waals surface area contributed by atoms with E-state index in [1.807, 2.05) is 0 Å². The quantitative estimate of drug-likeness (QED) is 0.0191. The highest BCUT2D eigenvalue weighted by molar-refractivity contribution is 6.06. The monoisotopic (exact) mass is 1280 g/mol. The van der Waals surface area contributed by atoms with Gasteiger partial charge in [-0.15, -0.1) is 0 Å². The van der Waals surface area contributed by atoms with E-state index < -0.39 is 0 Å². The zero-order chi connectivity index (χ0) is 65.5. The van der Waals surface area contributed by atoms with Crippen LogP contribution in [-0.2, 0) is 0 Å². The number of carbonyl (C=O) groups excluding carboxylic acids is 6. The average molecular weight is 1280 g/mol. The lowest BCUT2D eigenvalue weighted by atomic mass is 9.81. The predicted octanol–water partition coefficient (Wildman–Crippen LogP) is 7.82. The molecule has 510 valence electrons. The zero-order valence-corrected chi connectivity index (χ0v) is 55.0. The first kappa shape index (κ1) is 72.9. The van der Waals surface area contributed by atoms with Gasteiger partial charge in [-0.25, -0.2) is 0 Å². The van der Waals surface area contributed by atoms with E-state index in [2.05, 4.69) is 31.9 Å². The molecule has 92 heavy (non-hydrogen) atoms. The van der Waals surface area contributed by atoms with Crippen LogP contribution < -0.4 is 83.3 Å². The summed E-state index contributed by atoms with van der Waals surface area (Å²) in [7, 11) is 2.99. The van der Waals surface area contributed by atoms with Crippen LogP contribution in [0.2, 0.25) is 0 Å². The second-order valence-corrected chi connectivity index (χ2v) is 25.4. The van der Waals surface area contributed by atoms with E-state index in [0.29, 0.717) is 150 Å².